The predicted octanol–water partition coefficient (Wildman–Crippen LogP) is 3.21. The van der Waals surface area contributed by atoms with Crippen LogP contribution in [0.4, 0.5) is 5.69 Å². The van der Waals surface area contributed by atoms with Crippen molar-refractivity contribution in [1.82, 2.24) is 0 Å². The molecule has 2 aromatic carbocycles. The molecule has 0 radical (unpaired) electrons. The van der Waals surface area contributed by atoms with E-state index in [-0.39, 0.29) is 16.2 Å². The monoisotopic (exact) mass is 471 g/mol. The van der Waals surface area contributed by atoms with Gasteiger partial charge in [0.15, 0.2) is 27.4 Å². The van der Waals surface area contributed by atoms with Crippen LogP contribution in [0.2, 0.25) is 0 Å². The van der Waals surface area contributed by atoms with Gasteiger partial charge >= 0.3 is 5.97 Å². The number of hydrogen-bond donors (Lipinski definition) is 1. The van der Waals surface area contributed by atoms with Gasteiger partial charge in [0, 0.05) is 17.3 Å². The maximum Gasteiger partial charge on any atom is 0.375 e. The van der Waals surface area contributed by atoms with Crippen LogP contribution in [0.15, 0.2) is 70.2 Å². The maximum absolute atomic E-state index is 12.6. The zero-order valence-corrected chi connectivity index (χ0v) is 18.5. The topological polar surface area (TPSA) is 121 Å². The molecule has 9 nitrogen and oxygen atoms in total. The van der Waals surface area contributed by atoms with Crippen LogP contribution in [0.1, 0.15) is 23.0 Å². The Morgan fingerprint density at radius 2 is 1.76 bits per heavy atom. The van der Waals surface area contributed by atoms with Crippen molar-refractivity contribution in [3.63, 3.8) is 0 Å². The van der Waals surface area contributed by atoms with Crippen LogP contribution >= 0.6 is 0 Å². The lowest BCUT2D eigenvalue weighted by Gasteiger charge is -2.19. The molecule has 1 aliphatic rings. The van der Waals surface area contributed by atoms with Gasteiger partial charge in [0.05, 0.1) is 16.9 Å². The van der Waals surface area contributed by atoms with Gasteiger partial charge in [-0.2, -0.15) is 0 Å². The molecule has 10 heteroatoms. The molecule has 3 aromatic rings. The number of fused-ring (bicyclic) bond motifs is 1. The molecule has 0 spiro atoms. The Kier molecular flexibility index (Phi) is 6.36. The Morgan fingerprint density at radius 3 is 2.52 bits per heavy atom. The van der Waals surface area contributed by atoms with E-state index in [2.05, 4.69) is 5.32 Å². The third-order valence-corrected chi connectivity index (χ3v) is 6.52. The van der Waals surface area contributed by atoms with Crippen LogP contribution in [0, 0.1) is 0 Å². The van der Waals surface area contributed by atoms with Crippen molar-refractivity contribution in [1.29, 1.82) is 0 Å². The SMILES string of the molecule is CC(OC(=O)c1occc1CS(=O)(=O)c1ccccc1)C(=O)Nc1ccc2c(c1)OCCO2. The number of rotatable bonds is 7. The Morgan fingerprint density at radius 1 is 1.03 bits per heavy atom. The summed E-state index contributed by atoms with van der Waals surface area (Å²) in [6, 6.07) is 14.2. The van der Waals surface area contributed by atoms with E-state index in [1.165, 1.54) is 31.4 Å². The summed E-state index contributed by atoms with van der Waals surface area (Å²) in [6.07, 6.45) is 0.0289. The van der Waals surface area contributed by atoms with Crippen molar-refractivity contribution in [2.24, 2.45) is 0 Å². The minimum absolute atomic E-state index is 0.123. The fourth-order valence-corrected chi connectivity index (χ4v) is 4.55. The largest absolute Gasteiger partial charge is 0.486 e. The first-order valence-electron chi connectivity index (χ1n) is 10.1. The van der Waals surface area contributed by atoms with E-state index in [1.54, 1.807) is 36.4 Å². The summed E-state index contributed by atoms with van der Waals surface area (Å²) in [5.41, 5.74) is 0.586. The lowest BCUT2D eigenvalue weighted by Crippen LogP contribution is -2.30. The van der Waals surface area contributed by atoms with E-state index < -0.39 is 33.6 Å². The summed E-state index contributed by atoms with van der Waals surface area (Å²) in [5, 5.41) is 2.64. The van der Waals surface area contributed by atoms with Gasteiger partial charge in [0.2, 0.25) is 5.76 Å². The van der Waals surface area contributed by atoms with Crippen molar-refractivity contribution < 1.29 is 36.6 Å². The van der Waals surface area contributed by atoms with Gasteiger partial charge in [0.1, 0.15) is 13.2 Å². The molecule has 0 bridgehead atoms. The number of nitrogens with one attached hydrogen (secondary N) is 1. The Hall–Kier alpha value is -3.79. The average Bonchev–Trinajstić information content (AvgIpc) is 3.27. The summed E-state index contributed by atoms with van der Waals surface area (Å²) < 4.78 is 46.6. The first kappa shape index (κ1) is 22.4. The van der Waals surface area contributed by atoms with E-state index in [0.29, 0.717) is 30.4 Å². The molecule has 0 aliphatic carbocycles. The van der Waals surface area contributed by atoms with Gasteiger partial charge in [-0.05, 0) is 37.3 Å². The fourth-order valence-electron chi connectivity index (χ4n) is 3.18. The van der Waals surface area contributed by atoms with E-state index in [4.69, 9.17) is 18.6 Å². The molecule has 172 valence electrons. The van der Waals surface area contributed by atoms with E-state index in [9.17, 15) is 18.0 Å². The van der Waals surface area contributed by atoms with Gasteiger partial charge in [-0.3, -0.25) is 4.79 Å². The highest BCUT2D eigenvalue weighted by Gasteiger charge is 2.26. The molecule has 1 unspecified atom stereocenters. The molecular weight excluding hydrogens is 450 g/mol. The van der Waals surface area contributed by atoms with Crippen molar-refractivity contribution >= 4 is 27.4 Å². The number of amides is 1. The molecule has 33 heavy (non-hydrogen) atoms. The van der Waals surface area contributed by atoms with Crippen LogP contribution in [0.5, 0.6) is 11.5 Å². The number of benzene rings is 2. The Balaban J connectivity index is 1.40. The summed E-state index contributed by atoms with van der Waals surface area (Å²) in [4.78, 5) is 25.2. The number of carbonyl (C=O) groups excluding carboxylic acids is 2. The quantitative estimate of drug-likeness (QED) is 0.522. The second-order valence-electron chi connectivity index (χ2n) is 7.24. The van der Waals surface area contributed by atoms with Gasteiger partial charge in [-0.15, -0.1) is 0 Å². The minimum atomic E-state index is -3.70. The number of sulfone groups is 1. The standard InChI is InChI=1S/C23H21NO8S/c1-15(22(25)24-17-7-8-19-20(13-17)30-12-11-29-19)32-23(26)21-16(9-10-31-21)14-33(27,28)18-5-3-2-4-6-18/h2-10,13,15H,11-12,14H2,1H3,(H,24,25). The zero-order chi connectivity index (χ0) is 23.4. The first-order chi connectivity index (χ1) is 15.8. The van der Waals surface area contributed by atoms with Crippen LogP contribution in [0.3, 0.4) is 0 Å². The summed E-state index contributed by atoms with van der Waals surface area (Å²) >= 11 is 0. The van der Waals surface area contributed by atoms with Gasteiger partial charge in [0.25, 0.3) is 5.91 Å². The third-order valence-electron chi connectivity index (χ3n) is 4.84. The molecule has 2 heterocycles. The number of ether oxygens (including phenoxy) is 3. The minimum Gasteiger partial charge on any atom is -0.486 e. The van der Waals surface area contributed by atoms with Crippen LogP contribution in [-0.4, -0.2) is 39.6 Å². The molecule has 1 aromatic heterocycles. The normalized spacial score (nSPS) is 13.7. The molecule has 0 saturated carbocycles. The number of hydrogen-bond acceptors (Lipinski definition) is 8. The lowest BCUT2D eigenvalue weighted by atomic mass is 10.2. The van der Waals surface area contributed by atoms with Crippen LogP contribution in [-0.2, 0) is 25.1 Å². The summed E-state index contributed by atoms with van der Waals surface area (Å²) in [7, 11) is -3.70. The maximum atomic E-state index is 12.6. The Labute approximate surface area is 190 Å². The van der Waals surface area contributed by atoms with Crippen LogP contribution in [0.25, 0.3) is 0 Å². The van der Waals surface area contributed by atoms with Crippen LogP contribution < -0.4 is 14.8 Å². The van der Waals surface area contributed by atoms with Gasteiger partial charge in [-0.1, -0.05) is 18.2 Å². The highest BCUT2D eigenvalue weighted by Crippen LogP contribution is 2.32. The lowest BCUT2D eigenvalue weighted by molar-refractivity contribution is -0.123. The van der Waals surface area contributed by atoms with E-state index in [1.807, 2.05) is 0 Å². The molecular formula is C23H21NO8S. The number of anilines is 1. The number of furan rings is 1. The second kappa shape index (κ2) is 9.37. The third kappa shape index (κ3) is 5.17. The molecule has 1 amide bonds. The highest BCUT2D eigenvalue weighted by molar-refractivity contribution is 7.90. The predicted molar refractivity (Wildman–Crippen MR) is 117 cm³/mol. The molecule has 1 aliphatic heterocycles. The van der Waals surface area contributed by atoms with Crippen molar-refractivity contribution in [3.05, 3.63) is 72.2 Å². The van der Waals surface area contributed by atoms with E-state index >= 15 is 0 Å². The first-order valence-corrected chi connectivity index (χ1v) is 11.7. The Bertz CT molecular complexity index is 1270. The van der Waals surface area contributed by atoms with Crippen molar-refractivity contribution in [2.75, 3.05) is 18.5 Å². The number of carbonyl (C=O) groups is 2. The smallest absolute Gasteiger partial charge is 0.375 e. The fraction of sp³-hybridized carbons (Fsp3) is 0.217. The number of esters is 1. The molecule has 4 rings (SSSR count). The van der Waals surface area contributed by atoms with Crippen molar-refractivity contribution in [3.8, 4) is 11.5 Å². The summed E-state index contributed by atoms with van der Waals surface area (Å²) in [5.74, 6) is -1.16. The average molecular weight is 471 g/mol. The molecule has 0 saturated heterocycles. The van der Waals surface area contributed by atoms with Crippen molar-refractivity contribution in [2.45, 2.75) is 23.7 Å². The van der Waals surface area contributed by atoms with Gasteiger partial charge in [-0.25, -0.2) is 13.2 Å². The second-order valence-corrected chi connectivity index (χ2v) is 9.23. The van der Waals surface area contributed by atoms with Gasteiger partial charge < -0.3 is 23.9 Å². The highest BCUT2D eigenvalue weighted by atomic mass is 32.2. The molecule has 0 fully saturated rings. The van der Waals surface area contributed by atoms with E-state index in [0.717, 1.165) is 0 Å². The zero-order valence-electron chi connectivity index (χ0n) is 17.6. The summed E-state index contributed by atoms with van der Waals surface area (Å²) in [6.45, 7) is 2.26. The molecule has 1 N–H and O–H groups in total. The molecule has 1 atom stereocenters.